The summed E-state index contributed by atoms with van der Waals surface area (Å²) in [7, 11) is 0. The van der Waals surface area contributed by atoms with E-state index in [1.807, 2.05) is 13.0 Å². The zero-order chi connectivity index (χ0) is 8.01. The highest BCUT2D eigenvalue weighted by atomic mass is 16.5. The minimum absolute atomic E-state index is 0.0705. The molecule has 0 saturated carbocycles. The predicted molar refractivity (Wildman–Crippen MR) is 38.2 cm³/mol. The van der Waals surface area contributed by atoms with Gasteiger partial charge in [0.1, 0.15) is 0 Å². The topological polar surface area (TPSA) is 46.5 Å². The molecule has 3 atom stereocenters. The molecule has 0 spiro atoms. The van der Waals surface area contributed by atoms with Gasteiger partial charge in [-0.05, 0) is 18.9 Å². The van der Waals surface area contributed by atoms with E-state index in [1.165, 1.54) is 0 Å². The lowest BCUT2D eigenvalue weighted by molar-refractivity contribution is -0.142. The zero-order valence-electron chi connectivity index (χ0n) is 6.28. The molecule has 1 N–H and O–H groups in total. The number of rotatable bonds is 1. The van der Waals surface area contributed by atoms with Crippen molar-refractivity contribution in [2.24, 2.45) is 5.92 Å². The number of fused-ring (bicyclic) bond motifs is 2. The van der Waals surface area contributed by atoms with Gasteiger partial charge in [-0.1, -0.05) is 6.08 Å². The van der Waals surface area contributed by atoms with Crippen LogP contribution < -0.4 is 0 Å². The normalized spacial score (nSPS) is 40.8. The van der Waals surface area contributed by atoms with Gasteiger partial charge in [0.2, 0.25) is 0 Å². The number of carboxylic acids is 1. The largest absolute Gasteiger partial charge is 0.481 e. The van der Waals surface area contributed by atoms with Crippen molar-refractivity contribution in [3.05, 3.63) is 11.6 Å². The van der Waals surface area contributed by atoms with Crippen molar-refractivity contribution < 1.29 is 14.6 Å². The Morgan fingerprint density at radius 1 is 1.82 bits per heavy atom. The van der Waals surface area contributed by atoms with Crippen molar-refractivity contribution in [1.82, 2.24) is 0 Å². The molecule has 0 aliphatic carbocycles. The maximum Gasteiger partial charge on any atom is 0.309 e. The third kappa shape index (κ3) is 0.878. The van der Waals surface area contributed by atoms with Crippen molar-refractivity contribution >= 4 is 5.97 Å². The SMILES string of the molecule is CC1=CC2CC(C(=O)O)C1O2. The van der Waals surface area contributed by atoms with Gasteiger partial charge in [-0.2, -0.15) is 0 Å². The first-order chi connectivity index (χ1) is 5.18. The Kier molecular flexibility index (Phi) is 1.29. The summed E-state index contributed by atoms with van der Waals surface area (Å²) < 4.78 is 5.38. The molecule has 60 valence electrons. The van der Waals surface area contributed by atoms with Crippen LogP contribution in [0.3, 0.4) is 0 Å². The summed E-state index contributed by atoms with van der Waals surface area (Å²) in [5, 5.41) is 8.75. The van der Waals surface area contributed by atoms with Crippen LogP contribution >= 0.6 is 0 Å². The van der Waals surface area contributed by atoms with E-state index in [0.717, 1.165) is 5.57 Å². The Labute approximate surface area is 64.7 Å². The molecule has 2 aliphatic heterocycles. The molecule has 0 radical (unpaired) electrons. The molecule has 11 heavy (non-hydrogen) atoms. The summed E-state index contributed by atoms with van der Waals surface area (Å²) in [6.45, 7) is 1.93. The van der Waals surface area contributed by atoms with Gasteiger partial charge >= 0.3 is 5.97 Å². The van der Waals surface area contributed by atoms with E-state index in [0.29, 0.717) is 6.42 Å². The number of carbonyl (C=O) groups is 1. The smallest absolute Gasteiger partial charge is 0.309 e. The molecule has 2 rings (SSSR count). The van der Waals surface area contributed by atoms with E-state index >= 15 is 0 Å². The van der Waals surface area contributed by atoms with Crippen LogP contribution in [0.15, 0.2) is 11.6 Å². The number of carboxylic acid groups (broad SMARTS) is 1. The van der Waals surface area contributed by atoms with Gasteiger partial charge in [0, 0.05) is 0 Å². The summed E-state index contributed by atoms with van der Waals surface area (Å²) in [4.78, 5) is 10.6. The molecule has 1 fully saturated rings. The van der Waals surface area contributed by atoms with E-state index in [1.54, 1.807) is 0 Å². The van der Waals surface area contributed by atoms with Crippen LogP contribution in [-0.2, 0) is 9.53 Å². The van der Waals surface area contributed by atoms with Gasteiger partial charge in [0.05, 0.1) is 18.1 Å². The van der Waals surface area contributed by atoms with Crippen LogP contribution in [0.5, 0.6) is 0 Å². The highest BCUT2D eigenvalue weighted by Gasteiger charge is 2.44. The lowest BCUT2D eigenvalue weighted by atomic mass is 9.90. The Balaban J connectivity index is 2.21. The van der Waals surface area contributed by atoms with Crippen LogP contribution in [0.2, 0.25) is 0 Å². The van der Waals surface area contributed by atoms with Crippen LogP contribution in [0.1, 0.15) is 13.3 Å². The fraction of sp³-hybridized carbons (Fsp3) is 0.625. The number of ether oxygens (including phenoxy) is 1. The van der Waals surface area contributed by atoms with Crippen LogP contribution in [0.4, 0.5) is 0 Å². The lowest BCUT2D eigenvalue weighted by Gasteiger charge is -2.13. The van der Waals surface area contributed by atoms with E-state index in [4.69, 9.17) is 9.84 Å². The third-order valence-electron chi connectivity index (χ3n) is 2.39. The lowest BCUT2D eigenvalue weighted by Crippen LogP contribution is -2.25. The molecular formula is C8H10O3. The van der Waals surface area contributed by atoms with Crippen LogP contribution in [0, 0.1) is 5.92 Å². The first kappa shape index (κ1) is 6.85. The second-order valence-electron chi connectivity index (χ2n) is 3.19. The molecule has 0 amide bonds. The van der Waals surface area contributed by atoms with E-state index < -0.39 is 5.97 Å². The monoisotopic (exact) mass is 154 g/mol. The van der Waals surface area contributed by atoms with Crippen molar-refractivity contribution in [2.75, 3.05) is 0 Å². The Hall–Kier alpha value is -0.830. The molecule has 0 aromatic carbocycles. The third-order valence-corrected chi connectivity index (χ3v) is 2.39. The van der Waals surface area contributed by atoms with Crippen LogP contribution in [0.25, 0.3) is 0 Å². The molecule has 1 saturated heterocycles. The molecule has 0 aromatic rings. The molecular weight excluding hydrogens is 144 g/mol. The van der Waals surface area contributed by atoms with Crippen molar-refractivity contribution in [2.45, 2.75) is 25.6 Å². The maximum absolute atomic E-state index is 10.6. The Bertz CT molecular complexity index is 231. The highest BCUT2D eigenvalue weighted by Crippen LogP contribution is 2.38. The summed E-state index contributed by atoms with van der Waals surface area (Å²) in [5.74, 6) is -1.03. The second-order valence-corrected chi connectivity index (χ2v) is 3.19. The molecule has 3 heteroatoms. The predicted octanol–water partition coefficient (Wildman–Crippen LogP) is 0.805. The average molecular weight is 154 g/mol. The first-order valence-electron chi connectivity index (χ1n) is 3.75. The molecule has 0 aromatic heterocycles. The van der Waals surface area contributed by atoms with E-state index in [-0.39, 0.29) is 18.1 Å². The first-order valence-corrected chi connectivity index (χ1v) is 3.75. The van der Waals surface area contributed by atoms with Gasteiger partial charge in [-0.3, -0.25) is 4.79 Å². The zero-order valence-corrected chi connectivity index (χ0v) is 6.28. The molecule has 3 nitrogen and oxygen atoms in total. The minimum Gasteiger partial charge on any atom is -0.481 e. The van der Waals surface area contributed by atoms with E-state index in [2.05, 4.69) is 0 Å². The van der Waals surface area contributed by atoms with Crippen molar-refractivity contribution in [1.29, 1.82) is 0 Å². The summed E-state index contributed by atoms with van der Waals surface area (Å²) in [6, 6.07) is 0. The second kappa shape index (κ2) is 2.08. The van der Waals surface area contributed by atoms with E-state index in [9.17, 15) is 4.79 Å². The van der Waals surface area contributed by atoms with Crippen molar-refractivity contribution in [3.63, 3.8) is 0 Å². The fourth-order valence-corrected chi connectivity index (χ4v) is 1.86. The Morgan fingerprint density at radius 3 is 2.91 bits per heavy atom. The molecule has 2 heterocycles. The standard InChI is InChI=1S/C8H10O3/c1-4-2-5-3-6(8(9)10)7(4)11-5/h2,5-7H,3H2,1H3,(H,9,10). The highest BCUT2D eigenvalue weighted by molar-refractivity contribution is 5.72. The van der Waals surface area contributed by atoms with Crippen molar-refractivity contribution in [3.8, 4) is 0 Å². The minimum atomic E-state index is -0.732. The average Bonchev–Trinajstić information content (AvgIpc) is 2.43. The summed E-state index contributed by atoms with van der Waals surface area (Å²) in [5.41, 5.74) is 1.08. The molecule has 3 unspecified atom stereocenters. The van der Waals surface area contributed by atoms with Gasteiger partial charge in [-0.25, -0.2) is 0 Å². The van der Waals surface area contributed by atoms with Gasteiger partial charge in [0.15, 0.2) is 0 Å². The summed E-state index contributed by atoms with van der Waals surface area (Å²) in [6.07, 6.45) is 2.60. The molecule has 2 bridgehead atoms. The van der Waals surface area contributed by atoms with Gasteiger partial charge in [-0.15, -0.1) is 0 Å². The molecule has 2 aliphatic rings. The quantitative estimate of drug-likeness (QED) is 0.568. The Morgan fingerprint density at radius 2 is 2.55 bits per heavy atom. The number of hydrogen-bond donors (Lipinski definition) is 1. The maximum atomic E-state index is 10.6. The number of aliphatic carboxylic acids is 1. The van der Waals surface area contributed by atoms with Crippen LogP contribution in [-0.4, -0.2) is 23.3 Å². The van der Waals surface area contributed by atoms with Gasteiger partial charge in [0.25, 0.3) is 0 Å². The number of hydrogen-bond acceptors (Lipinski definition) is 2. The summed E-state index contributed by atoms with van der Waals surface area (Å²) >= 11 is 0. The van der Waals surface area contributed by atoms with Gasteiger partial charge < -0.3 is 9.84 Å². The fourth-order valence-electron chi connectivity index (χ4n) is 1.86.